The van der Waals surface area contributed by atoms with Crippen molar-refractivity contribution >= 4 is 33.4 Å². The number of carbonyl (C=O) groups excluding carboxylic acids is 2. The van der Waals surface area contributed by atoms with E-state index in [1.165, 1.54) is 30.3 Å². The molecule has 2 aromatic carbocycles. The summed E-state index contributed by atoms with van der Waals surface area (Å²) in [4.78, 5) is 24.1. The van der Waals surface area contributed by atoms with E-state index in [1.54, 1.807) is 30.3 Å². The van der Waals surface area contributed by atoms with Gasteiger partial charge in [0, 0.05) is 29.6 Å². The van der Waals surface area contributed by atoms with Gasteiger partial charge in [-0.25, -0.2) is 8.42 Å². The molecule has 0 aliphatic heterocycles. The van der Waals surface area contributed by atoms with Crippen LogP contribution < -0.4 is 10.6 Å². The molecule has 27 heavy (non-hydrogen) atoms. The van der Waals surface area contributed by atoms with E-state index < -0.39 is 9.84 Å². The number of amides is 2. The second-order valence-corrected chi connectivity index (χ2v) is 8.50. The summed E-state index contributed by atoms with van der Waals surface area (Å²) >= 11 is 0. The summed E-state index contributed by atoms with van der Waals surface area (Å²) in [5.41, 5.74) is 1.89. The molecule has 0 radical (unpaired) electrons. The Balaban J connectivity index is 1.56. The molecule has 0 heterocycles. The van der Waals surface area contributed by atoms with E-state index in [0.717, 1.165) is 24.7 Å². The summed E-state index contributed by atoms with van der Waals surface area (Å²) in [5.74, 6) is -0.416. The topological polar surface area (TPSA) is 92.3 Å². The fraction of sp³-hybridized carbons (Fsp3) is 0.200. The van der Waals surface area contributed by atoms with Gasteiger partial charge in [0.25, 0.3) is 5.91 Å². The first-order chi connectivity index (χ1) is 12.8. The van der Waals surface area contributed by atoms with E-state index >= 15 is 0 Å². The summed E-state index contributed by atoms with van der Waals surface area (Å²) in [6, 6.07) is 13.3. The lowest BCUT2D eigenvalue weighted by molar-refractivity contribution is -0.111. The molecule has 2 amide bonds. The number of nitrogens with one attached hydrogen (secondary N) is 2. The lowest BCUT2D eigenvalue weighted by Gasteiger charge is -2.04. The van der Waals surface area contributed by atoms with Crippen molar-refractivity contribution in [3.8, 4) is 0 Å². The number of anilines is 1. The minimum Gasteiger partial charge on any atom is -0.349 e. The van der Waals surface area contributed by atoms with Crippen molar-refractivity contribution < 1.29 is 18.0 Å². The number of benzene rings is 2. The molecule has 2 aromatic rings. The van der Waals surface area contributed by atoms with Crippen LogP contribution in [0.5, 0.6) is 0 Å². The zero-order chi connectivity index (χ0) is 19.4. The monoisotopic (exact) mass is 384 g/mol. The van der Waals surface area contributed by atoms with Gasteiger partial charge in [0.15, 0.2) is 9.84 Å². The largest absolute Gasteiger partial charge is 0.349 e. The molecule has 7 heteroatoms. The maximum absolute atomic E-state index is 12.0. The van der Waals surface area contributed by atoms with Crippen molar-refractivity contribution in [3.05, 3.63) is 65.7 Å². The second kappa shape index (κ2) is 7.75. The van der Waals surface area contributed by atoms with Crippen LogP contribution in [0.3, 0.4) is 0 Å². The number of rotatable bonds is 6. The van der Waals surface area contributed by atoms with Gasteiger partial charge in [-0.05, 0) is 60.9 Å². The number of sulfone groups is 1. The van der Waals surface area contributed by atoms with Gasteiger partial charge in [-0.2, -0.15) is 0 Å². The molecular weight excluding hydrogens is 364 g/mol. The Labute approximate surface area is 158 Å². The Bertz CT molecular complexity index is 974. The fourth-order valence-corrected chi connectivity index (χ4v) is 3.01. The van der Waals surface area contributed by atoms with Gasteiger partial charge in [-0.3, -0.25) is 9.59 Å². The molecule has 140 valence electrons. The van der Waals surface area contributed by atoms with Gasteiger partial charge in [0.2, 0.25) is 5.91 Å². The molecule has 0 spiro atoms. The Kier molecular flexibility index (Phi) is 5.41. The first-order valence-corrected chi connectivity index (χ1v) is 10.4. The Morgan fingerprint density at radius 1 is 1.00 bits per heavy atom. The molecule has 3 rings (SSSR count). The van der Waals surface area contributed by atoms with Gasteiger partial charge in [-0.1, -0.05) is 12.1 Å². The predicted octanol–water partition coefficient (Wildman–Crippen LogP) is 2.63. The molecule has 0 bridgehead atoms. The van der Waals surface area contributed by atoms with E-state index in [9.17, 15) is 18.0 Å². The quantitative estimate of drug-likeness (QED) is 0.749. The lowest BCUT2D eigenvalue weighted by Crippen LogP contribution is -2.25. The van der Waals surface area contributed by atoms with Crippen LogP contribution in [-0.4, -0.2) is 32.5 Å². The van der Waals surface area contributed by atoms with Crippen molar-refractivity contribution in [2.45, 2.75) is 23.8 Å². The number of hydrogen-bond donors (Lipinski definition) is 2. The third-order valence-electron chi connectivity index (χ3n) is 4.06. The third kappa shape index (κ3) is 5.52. The summed E-state index contributed by atoms with van der Waals surface area (Å²) in [6.45, 7) is 0. The smallest absolute Gasteiger partial charge is 0.251 e. The zero-order valence-corrected chi connectivity index (χ0v) is 15.6. The first-order valence-electron chi connectivity index (χ1n) is 8.51. The molecule has 1 aliphatic carbocycles. The molecule has 0 saturated heterocycles. The van der Waals surface area contributed by atoms with Gasteiger partial charge in [-0.15, -0.1) is 0 Å². The normalized spacial score (nSPS) is 14.1. The van der Waals surface area contributed by atoms with E-state index in [4.69, 9.17) is 0 Å². The van der Waals surface area contributed by atoms with Gasteiger partial charge in [0.05, 0.1) is 4.90 Å². The highest BCUT2D eigenvalue weighted by Gasteiger charge is 2.23. The summed E-state index contributed by atoms with van der Waals surface area (Å²) in [5, 5.41) is 5.59. The van der Waals surface area contributed by atoms with Crippen molar-refractivity contribution in [1.29, 1.82) is 0 Å². The molecule has 0 aromatic heterocycles. The predicted molar refractivity (Wildman–Crippen MR) is 104 cm³/mol. The molecule has 6 nitrogen and oxygen atoms in total. The second-order valence-electron chi connectivity index (χ2n) is 6.49. The van der Waals surface area contributed by atoms with Gasteiger partial charge < -0.3 is 10.6 Å². The van der Waals surface area contributed by atoms with Gasteiger partial charge >= 0.3 is 0 Å². The molecule has 0 unspecified atom stereocenters. The van der Waals surface area contributed by atoms with Crippen molar-refractivity contribution in [3.63, 3.8) is 0 Å². The summed E-state index contributed by atoms with van der Waals surface area (Å²) in [7, 11) is -3.26. The van der Waals surface area contributed by atoms with E-state index in [0.29, 0.717) is 17.3 Å². The minimum absolute atomic E-state index is 0.0803. The van der Waals surface area contributed by atoms with E-state index in [2.05, 4.69) is 10.6 Å². The Morgan fingerprint density at radius 3 is 2.19 bits per heavy atom. The Hall–Kier alpha value is -2.93. The van der Waals surface area contributed by atoms with Crippen LogP contribution in [0.15, 0.2) is 59.5 Å². The maximum atomic E-state index is 12.0. The highest BCUT2D eigenvalue weighted by Crippen LogP contribution is 2.19. The highest BCUT2D eigenvalue weighted by atomic mass is 32.2. The standard InChI is InChI=1S/C20H20N2O4S/c1-27(25,26)18-11-9-16(10-12-18)21-19(23)13-4-14-2-5-15(6-3-14)20(24)22-17-7-8-17/h2-6,9-13,17H,7-8H2,1H3,(H,21,23)(H,22,24)/b13-4+. The third-order valence-corrected chi connectivity index (χ3v) is 5.19. The molecular formula is C20H20N2O4S. The first kappa shape index (κ1) is 18.8. The molecule has 1 aliphatic rings. The fourth-order valence-electron chi connectivity index (χ4n) is 2.38. The average molecular weight is 384 g/mol. The SMILES string of the molecule is CS(=O)(=O)c1ccc(NC(=O)/C=C/c2ccc(C(=O)NC3CC3)cc2)cc1. The van der Waals surface area contributed by atoms with Crippen LogP contribution in [0.4, 0.5) is 5.69 Å². The summed E-state index contributed by atoms with van der Waals surface area (Å²) < 4.78 is 22.8. The highest BCUT2D eigenvalue weighted by molar-refractivity contribution is 7.90. The lowest BCUT2D eigenvalue weighted by atomic mass is 10.1. The molecule has 2 N–H and O–H groups in total. The van der Waals surface area contributed by atoms with E-state index in [1.807, 2.05) is 0 Å². The molecule has 1 fully saturated rings. The zero-order valence-electron chi connectivity index (χ0n) is 14.8. The van der Waals surface area contributed by atoms with Crippen LogP contribution >= 0.6 is 0 Å². The number of hydrogen-bond acceptors (Lipinski definition) is 4. The van der Waals surface area contributed by atoms with Crippen molar-refractivity contribution in [1.82, 2.24) is 5.32 Å². The van der Waals surface area contributed by atoms with Crippen LogP contribution in [0, 0.1) is 0 Å². The van der Waals surface area contributed by atoms with Crippen LogP contribution in [-0.2, 0) is 14.6 Å². The molecule has 0 atom stereocenters. The van der Waals surface area contributed by atoms with Gasteiger partial charge in [0.1, 0.15) is 0 Å². The van der Waals surface area contributed by atoms with E-state index in [-0.39, 0.29) is 16.7 Å². The van der Waals surface area contributed by atoms with Crippen LogP contribution in [0.1, 0.15) is 28.8 Å². The average Bonchev–Trinajstić information content (AvgIpc) is 3.44. The Morgan fingerprint density at radius 2 is 1.63 bits per heavy atom. The molecule has 1 saturated carbocycles. The summed E-state index contributed by atoms with van der Waals surface area (Å²) in [6.07, 6.45) is 6.23. The number of carbonyl (C=O) groups is 2. The van der Waals surface area contributed by atoms with Crippen molar-refractivity contribution in [2.75, 3.05) is 11.6 Å². The van der Waals surface area contributed by atoms with Crippen molar-refractivity contribution in [2.24, 2.45) is 0 Å². The van der Waals surface area contributed by atoms with Crippen LogP contribution in [0.2, 0.25) is 0 Å². The minimum atomic E-state index is -3.26. The maximum Gasteiger partial charge on any atom is 0.251 e. The van der Waals surface area contributed by atoms with Crippen LogP contribution in [0.25, 0.3) is 6.08 Å².